The Labute approximate surface area is 272 Å². The van der Waals surface area contributed by atoms with Crippen LogP contribution in [-0.2, 0) is 29.5 Å². The molecule has 0 bridgehead atoms. The Bertz CT molecular complexity index is 1570. The zero-order valence-electron chi connectivity index (χ0n) is 27.8. The lowest BCUT2D eigenvalue weighted by molar-refractivity contribution is -0.132. The number of likely N-dealkylation sites (tertiary alicyclic amines) is 1. The summed E-state index contributed by atoms with van der Waals surface area (Å²) in [5.41, 5.74) is 5.37. The maximum Gasteiger partial charge on any atom is 0.410 e. The summed E-state index contributed by atoms with van der Waals surface area (Å²) < 4.78 is 7.37. The van der Waals surface area contributed by atoms with Gasteiger partial charge in [0.05, 0.1) is 24.1 Å². The minimum Gasteiger partial charge on any atom is -0.444 e. The number of nitrogens with zero attached hydrogens (tertiary/aromatic N) is 5. The molecule has 1 aliphatic carbocycles. The van der Waals surface area contributed by atoms with Crippen molar-refractivity contribution in [3.05, 3.63) is 70.9 Å². The molecule has 2 amide bonds. The molecule has 1 atom stereocenters. The molecule has 2 N–H and O–H groups in total. The molecular formula is C36H48N6O4. The third-order valence-electron chi connectivity index (χ3n) is 9.42. The van der Waals surface area contributed by atoms with Crippen LogP contribution in [0.15, 0.2) is 48.7 Å². The molecule has 3 aliphatic rings. The van der Waals surface area contributed by atoms with Gasteiger partial charge in [-0.2, -0.15) is 5.10 Å². The van der Waals surface area contributed by atoms with Gasteiger partial charge < -0.3 is 29.9 Å². The number of benzene rings is 2. The number of amides is 2. The van der Waals surface area contributed by atoms with Gasteiger partial charge >= 0.3 is 6.09 Å². The number of aliphatic hydroxyl groups excluding tert-OH is 1. The molecule has 1 unspecified atom stereocenters. The van der Waals surface area contributed by atoms with Crippen LogP contribution in [0.5, 0.6) is 0 Å². The lowest BCUT2D eigenvalue weighted by Crippen LogP contribution is -2.45. The number of hydrogen-bond donors (Lipinski definition) is 2. The van der Waals surface area contributed by atoms with E-state index in [1.807, 2.05) is 80.0 Å². The fraction of sp³-hybridized carbons (Fsp3) is 0.528. The Morgan fingerprint density at radius 3 is 2.54 bits per heavy atom. The van der Waals surface area contributed by atoms with Crippen LogP contribution in [0, 0.1) is 12.8 Å². The first kappa shape index (κ1) is 31.9. The molecule has 1 saturated heterocycles. The number of aromatic nitrogens is 2. The van der Waals surface area contributed by atoms with E-state index in [4.69, 9.17) is 4.74 Å². The summed E-state index contributed by atoms with van der Waals surface area (Å²) in [6.45, 7) is 10.4. The van der Waals surface area contributed by atoms with E-state index >= 15 is 0 Å². The van der Waals surface area contributed by atoms with E-state index in [-0.39, 0.29) is 12.0 Å². The van der Waals surface area contributed by atoms with Crippen LogP contribution in [0.3, 0.4) is 0 Å². The maximum absolute atomic E-state index is 13.5. The number of nitrogens with one attached hydrogen (secondary N) is 1. The summed E-state index contributed by atoms with van der Waals surface area (Å²) >= 11 is 0. The first-order valence-corrected chi connectivity index (χ1v) is 16.7. The van der Waals surface area contributed by atoms with E-state index in [0.717, 1.165) is 71.7 Å². The fourth-order valence-corrected chi connectivity index (χ4v) is 6.67. The highest BCUT2D eigenvalue weighted by molar-refractivity contribution is 5.78. The number of carbonyl (C=O) groups is 2. The molecule has 3 aromatic rings. The molecule has 6 rings (SSSR count). The Kier molecular flexibility index (Phi) is 9.01. The topological polar surface area (TPSA) is 103 Å². The molecule has 0 spiro atoms. The van der Waals surface area contributed by atoms with Gasteiger partial charge in [-0.05, 0) is 89.0 Å². The number of aliphatic hydroxyl groups is 1. The number of fused-ring (bicyclic) bond motifs is 2. The van der Waals surface area contributed by atoms with Gasteiger partial charge in [-0.25, -0.2) is 4.79 Å². The number of piperidine rings is 1. The van der Waals surface area contributed by atoms with Crippen LogP contribution in [0.25, 0.3) is 0 Å². The molecule has 46 heavy (non-hydrogen) atoms. The van der Waals surface area contributed by atoms with Crippen molar-refractivity contribution in [2.45, 2.75) is 90.6 Å². The van der Waals surface area contributed by atoms with Gasteiger partial charge in [-0.3, -0.25) is 9.48 Å². The Hall–Kier alpha value is -4.05. The predicted molar refractivity (Wildman–Crippen MR) is 179 cm³/mol. The smallest absolute Gasteiger partial charge is 0.410 e. The standard InChI is InChI=1S/C36H48N6O4/c1-24-20-27(34(44)42-23-28-21-37-39(5)33(28)38-30-8-6-7-9-31(30)42)11-10-26(24)12-15-32(43)41(29-13-14-29)22-25-16-18-40(19-17-25)35(45)46-36(2,3)4/h6-11,20-21,25,29,34,38,44H,12-19,22-23H2,1-5H3. The minimum absolute atomic E-state index is 0.210. The highest BCUT2D eigenvalue weighted by Crippen LogP contribution is 2.39. The van der Waals surface area contributed by atoms with Crippen molar-refractivity contribution < 1.29 is 19.4 Å². The summed E-state index contributed by atoms with van der Waals surface area (Å²) in [7, 11) is 1.91. The summed E-state index contributed by atoms with van der Waals surface area (Å²) in [6, 6.07) is 14.4. The van der Waals surface area contributed by atoms with Crippen LogP contribution in [-0.4, -0.2) is 68.0 Å². The zero-order valence-corrected chi connectivity index (χ0v) is 27.8. The van der Waals surface area contributed by atoms with Gasteiger partial charge in [0.1, 0.15) is 11.4 Å². The van der Waals surface area contributed by atoms with Crippen molar-refractivity contribution in [3.8, 4) is 0 Å². The lowest BCUT2D eigenvalue weighted by Gasteiger charge is -2.35. The van der Waals surface area contributed by atoms with Crippen LogP contribution in [0.2, 0.25) is 0 Å². The Morgan fingerprint density at radius 2 is 1.85 bits per heavy atom. The molecule has 2 aromatic carbocycles. The summed E-state index contributed by atoms with van der Waals surface area (Å²) in [5, 5.41) is 19.6. The van der Waals surface area contributed by atoms with Crippen LogP contribution in [0.4, 0.5) is 22.0 Å². The first-order chi connectivity index (χ1) is 22.0. The normalized spacial score (nSPS) is 17.4. The molecule has 0 radical (unpaired) electrons. The van der Waals surface area contributed by atoms with Crippen LogP contribution >= 0.6 is 0 Å². The second-order valence-corrected chi connectivity index (χ2v) is 14.2. The second kappa shape index (κ2) is 13.0. The van der Waals surface area contributed by atoms with Crippen molar-refractivity contribution >= 4 is 29.2 Å². The number of carbonyl (C=O) groups excluding carboxylic acids is 2. The number of anilines is 3. The molecule has 3 heterocycles. The Morgan fingerprint density at radius 1 is 1.11 bits per heavy atom. The molecule has 2 aliphatic heterocycles. The molecule has 246 valence electrons. The molecule has 10 heteroatoms. The molecule has 1 saturated carbocycles. The SMILES string of the molecule is Cc1cc(C(O)N2Cc3cnn(C)c3Nc3ccccc32)ccc1CCC(=O)N(CC1CCN(C(=O)OC(C)(C)C)CC1)C1CC1. The van der Waals surface area contributed by atoms with Crippen molar-refractivity contribution in [3.63, 3.8) is 0 Å². The molecule has 10 nitrogen and oxygen atoms in total. The van der Waals surface area contributed by atoms with E-state index in [1.165, 1.54) is 0 Å². The van der Waals surface area contributed by atoms with E-state index in [1.54, 1.807) is 4.90 Å². The maximum atomic E-state index is 13.5. The van der Waals surface area contributed by atoms with Gasteiger partial charge in [0.15, 0.2) is 6.23 Å². The van der Waals surface area contributed by atoms with Gasteiger partial charge in [0.2, 0.25) is 5.91 Å². The van der Waals surface area contributed by atoms with Gasteiger partial charge in [0, 0.05) is 50.3 Å². The molecule has 1 aromatic heterocycles. The van der Waals surface area contributed by atoms with Crippen molar-refractivity contribution in [1.82, 2.24) is 19.6 Å². The Balaban J connectivity index is 1.07. The third kappa shape index (κ3) is 7.17. The second-order valence-electron chi connectivity index (χ2n) is 14.2. The minimum atomic E-state index is -0.851. The quantitative estimate of drug-likeness (QED) is 0.313. The van der Waals surface area contributed by atoms with Crippen LogP contribution in [0.1, 0.15) is 81.4 Å². The van der Waals surface area contributed by atoms with Crippen LogP contribution < -0.4 is 10.2 Å². The summed E-state index contributed by atoms with van der Waals surface area (Å²) in [5.74, 6) is 1.53. The summed E-state index contributed by atoms with van der Waals surface area (Å²) in [4.78, 5) is 31.9. The summed E-state index contributed by atoms with van der Waals surface area (Å²) in [6.07, 6.45) is 5.80. The lowest BCUT2D eigenvalue weighted by atomic mass is 9.95. The van der Waals surface area contributed by atoms with E-state index < -0.39 is 11.8 Å². The fourth-order valence-electron chi connectivity index (χ4n) is 6.67. The number of ether oxygens (including phenoxy) is 1. The third-order valence-corrected chi connectivity index (χ3v) is 9.42. The highest BCUT2D eigenvalue weighted by atomic mass is 16.6. The first-order valence-electron chi connectivity index (χ1n) is 16.7. The molecule has 2 fully saturated rings. The highest BCUT2D eigenvalue weighted by Gasteiger charge is 2.35. The van der Waals surface area contributed by atoms with Crippen molar-refractivity contribution in [2.75, 3.05) is 29.9 Å². The predicted octanol–water partition coefficient (Wildman–Crippen LogP) is 6.05. The van der Waals surface area contributed by atoms with Gasteiger partial charge in [-0.15, -0.1) is 0 Å². The van der Waals surface area contributed by atoms with E-state index in [0.29, 0.717) is 44.4 Å². The number of rotatable bonds is 8. The number of aryl methyl sites for hydroxylation is 3. The van der Waals surface area contributed by atoms with Gasteiger partial charge in [-0.1, -0.05) is 30.3 Å². The average Bonchev–Trinajstić information content (AvgIpc) is 3.83. The van der Waals surface area contributed by atoms with Crippen molar-refractivity contribution in [2.24, 2.45) is 13.0 Å². The molecular weight excluding hydrogens is 580 g/mol. The zero-order chi connectivity index (χ0) is 32.6. The van der Waals surface area contributed by atoms with Gasteiger partial charge in [0.25, 0.3) is 0 Å². The van der Waals surface area contributed by atoms with E-state index in [2.05, 4.69) is 28.3 Å². The number of hydrogen-bond acceptors (Lipinski definition) is 7. The largest absolute Gasteiger partial charge is 0.444 e. The van der Waals surface area contributed by atoms with E-state index in [9.17, 15) is 14.7 Å². The monoisotopic (exact) mass is 628 g/mol. The van der Waals surface area contributed by atoms with Crippen molar-refractivity contribution in [1.29, 1.82) is 0 Å². The average molecular weight is 629 g/mol. The number of para-hydroxylation sites is 2.